The van der Waals surface area contributed by atoms with E-state index in [0.29, 0.717) is 0 Å². The monoisotopic (exact) mass is 365 g/mol. The van der Waals surface area contributed by atoms with Gasteiger partial charge in [-0.25, -0.2) is 0 Å². The third kappa shape index (κ3) is 3.15. The number of rotatable bonds is 2. The zero-order valence-electron chi connectivity index (χ0n) is 11.3. The number of hydrogen-bond acceptors (Lipinski definition) is 1. The lowest BCUT2D eigenvalue weighted by molar-refractivity contribution is 0.0993. The number of carbonyl (C=O) groups excluding carboxylic acids is 1. The maximum Gasteiger partial charge on any atom is 0.258 e. The molecule has 2 rings (SSSR count). The molecule has 2 aromatic rings. The van der Waals surface area contributed by atoms with E-state index in [9.17, 15) is 4.79 Å². The Morgan fingerprint density at radius 2 is 1.84 bits per heavy atom. The van der Waals surface area contributed by atoms with Crippen molar-refractivity contribution in [2.45, 2.75) is 13.8 Å². The van der Waals surface area contributed by atoms with Crippen molar-refractivity contribution in [1.82, 2.24) is 0 Å². The molecule has 0 saturated carbocycles. The maximum absolute atomic E-state index is 12.4. The van der Waals surface area contributed by atoms with Gasteiger partial charge in [0.1, 0.15) is 0 Å². The highest BCUT2D eigenvalue weighted by atomic mass is 127. The Labute approximate surface area is 127 Å². The highest BCUT2D eigenvalue weighted by Gasteiger charge is 2.13. The number of aryl methyl sites for hydroxylation is 2. The van der Waals surface area contributed by atoms with Gasteiger partial charge in [0.25, 0.3) is 5.91 Å². The Hall–Kier alpha value is -1.36. The van der Waals surface area contributed by atoms with E-state index in [0.717, 1.165) is 16.8 Å². The topological polar surface area (TPSA) is 20.3 Å². The zero-order chi connectivity index (χ0) is 14.0. The number of benzene rings is 2. The fourth-order valence-corrected chi connectivity index (χ4v) is 2.38. The van der Waals surface area contributed by atoms with Crippen LogP contribution in [0.25, 0.3) is 0 Å². The molecule has 2 aromatic carbocycles. The van der Waals surface area contributed by atoms with Crippen LogP contribution in [0.5, 0.6) is 0 Å². The van der Waals surface area contributed by atoms with Crippen LogP contribution in [0.3, 0.4) is 0 Å². The minimum Gasteiger partial charge on any atom is -0.311 e. The van der Waals surface area contributed by atoms with Crippen LogP contribution in [0.15, 0.2) is 42.5 Å². The van der Waals surface area contributed by atoms with Crippen LogP contribution in [0, 0.1) is 17.4 Å². The fourth-order valence-electron chi connectivity index (χ4n) is 1.88. The van der Waals surface area contributed by atoms with Crippen molar-refractivity contribution in [3.63, 3.8) is 0 Å². The van der Waals surface area contributed by atoms with E-state index < -0.39 is 0 Å². The van der Waals surface area contributed by atoms with Crippen molar-refractivity contribution >= 4 is 34.2 Å². The molecule has 1 amide bonds. The summed E-state index contributed by atoms with van der Waals surface area (Å²) in [4.78, 5) is 14.1. The smallest absolute Gasteiger partial charge is 0.258 e. The predicted molar refractivity (Wildman–Crippen MR) is 87.8 cm³/mol. The largest absolute Gasteiger partial charge is 0.311 e. The molecule has 98 valence electrons. The number of hydrogen-bond donors (Lipinski definition) is 0. The van der Waals surface area contributed by atoms with Crippen LogP contribution in [-0.2, 0) is 0 Å². The summed E-state index contributed by atoms with van der Waals surface area (Å²) < 4.78 is 1.17. The van der Waals surface area contributed by atoms with E-state index in [-0.39, 0.29) is 5.91 Å². The summed E-state index contributed by atoms with van der Waals surface area (Å²) in [5.74, 6) is 0.0170. The molecule has 2 nitrogen and oxygen atoms in total. The van der Waals surface area contributed by atoms with Gasteiger partial charge >= 0.3 is 0 Å². The first-order chi connectivity index (χ1) is 8.99. The molecule has 0 unspecified atom stereocenters. The van der Waals surface area contributed by atoms with Crippen molar-refractivity contribution in [3.05, 3.63) is 62.7 Å². The maximum atomic E-state index is 12.4. The summed E-state index contributed by atoms with van der Waals surface area (Å²) >= 11 is 2.29. The lowest BCUT2D eigenvalue weighted by Crippen LogP contribution is -2.26. The van der Waals surface area contributed by atoms with Crippen molar-refractivity contribution in [2.75, 3.05) is 11.9 Å². The number of carbonyl (C=O) groups is 1. The number of nitrogens with zero attached hydrogens (tertiary/aromatic N) is 1. The summed E-state index contributed by atoms with van der Waals surface area (Å²) in [5, 5.41) is 0. The van der Waals surface area contributed by atoms with Gasteiger partial charge in [0.2, 0.25) is 0 Å². The zero-order valence-corrected chi connectivity index (χ0v) is 13.4. The third-order valence-corrected chi connectivity index (χ3v) is 4.27. The van der Waals surface area contributed by atoms with Crippen LogP contribution >= 0.6 is 22.6 Å². The fraction of sp³-hybridized carbons (Fsp3) is 0.188. The highest BCUT2D eigenvalue weighted by molar-refractivity contribution is 14.1. The highest BCUT2D eigenvalue weighted by Crippen LogP contribution is 2.21. The third-order valence-electron chi connectivity index (χ3n) is 3.11. The Balaban J connectivity index is 2.30. The summed E-state index contributed by atoms with van der Waals surface area (Å²) in [7, 11) is 1.81. The van der Waals surface area contributed by atoms with E-state index >= 15 is 0 Å². The number of halogens is 1. The van der Waals surface area contributed by atoms with Crippen molar-refractivity contribution < 1.29 is 4.79 Å². The molecule has 0 N–H and O–H groups in total. The van der Waals surface area contributed by atoms with Crippen LogP contribution in [0.2, 0.25) is 0 Å². The van der Waals surface area contributed by atoms with Crippen LogP contribution in [0.4, 0.5) is 5.69 Å². The van der Waals surface area contributed by atoms with Gasteiger partial charge in [-0.1, -0.05) is 23.8 Å². The van der Waals surface area contributed by atoms with Crippen molar-refractivity contribution in [3.8, 4) is 0 Å². The molecule has 3 heteroatoms. The molecule has 0 atom stereocenters. The van der Waals surface area contributed by atoms with E-state index in [2.05, 4.69) is 29.5 Å². The molecule has 0 aliphatic rings. The normalized spacial score (nSPS) is 10.3. The molecule has 0 bridgehead atoms. The van der Waals surface area contributed by atoms with Gasteiger partial charge in [-0.3, -0.25) is 4.79 Å². The van der Waals surface area contributed by atoms with Crippen LogP contribution in [0.1, 0.15) is 21.5 Å². The Kier molecular flexibility index (Phi) is 4.24. The molecule has 0 aliphatic heterocycles. The minimum atomic E-state index is 0.0170. The molecule has 0 saturated heterocycles. The molecule has 0 aromatic heterocycles. The average Bonchev–Trinajstić information content (AvgIpc) is 2.40. The first kappa shape index (κ1) is 14.1. The van der Waals surface area contributed by atoms with Gasteiger partial charge in [0.15, 0.2) is 0 Å². The van der Waals surface area contributed by atoms with Crippen LogP contribution < -0.4 is 4.90 Å². The minimum absolute atomic E-state index is 0.0170. The quantitative estimate of drug-likeness (QED) is 0.731. The average molecular weight is 365 g/mol. The lowest BCUT2D eigenvalue weighted by Gasteiger charge is -2.18. The van der Waals surface area contributed by atoms with Gasteiger partial charge in [-0.15, -0.1) is 0 Å². The molecule has 19 heavy (non-hydrogen) atoms. The van der Waals surface area contributed by atoms with E-state index in [1.807, 2.05) is 56.4 Å². The molecule has 0 heterocycles. The first-order valence-corrected chi connectivity index (χ1v) is 7.18. The van der Waals surface area contributed by atoms with E-state index in [1.165, 1.54) is 9.13 Å². The molecule has 0 aliphatic carbocycles. The Morgan fingerprint density at radius 3 is 2.47 bits per heavy atom. The van der Waals surface area contributed by atoms with Crippen LogP contribution in [-0.4, -0.2) is 13.0 Å². The number of anilines is 1. The number of amides is 1. The summed E-state index contributed by atoms with van der Waals surface area (Å²) in [6, 6.07) is 13.7. The van der Waals surface area contributed by atoms with Crippen molar-refractivity contribution in [2.24, 2.45) is 0 Å². The summed E-state index contributed by atoms with van der Waals surface area (Å²) in [6.07, 6.45) is 0. The molecular formula is C16H16INO. The summed E-state index contributed by atoms with van der Waals surface area (Å²) in [5.41, 5.74) is 3.96. The van der Waals surface area contributed by atoms with Gasteiger partial charge in [-0.2, -0.15) is 0 Å². The predicted octanol–water partition coefficient (Wildman–Crippen LogP) is 4.18. The lowest BCUT2D eigenvalue weighted by atomic mass is 10.1. The van der Waals surface area contributed by atoms with Gasteiger partial charge < -0.3 is 4.90 Å². The molecule has 0 fully saturated rings. The SMILES string of the molecule is Cc1cccc(C(=O)N(C)c2ccc(C)c(I)c2)c1. The van der Waals surface area contributed by atoms with E-state index in [1.54, 1.807) is 4.90 Å². The van der Waals surface area contributed by atoms with E-state index in [4.69, 9.17) is 0 Å². The van der Waals surface area contributed by atoms with Gasteiger partial charge in [0.05, 0.1) is 0 Å². The second kappa shape index (κ2) is 5.74. The Morgan fingerprint density at radius 1 is 1.11 bits per heavy atom. The van der Waals surface area contributed by atoms with Gasteiger partial charge in [0, 0.05) is 21.9 Å². The second-order valence-corrected chi connectivity index (χ2v) is 5.83. The Bertz CT molecular complexity index is 622. The first-order valence-electron chi connectivity index (χ1n) is 6.10. The molecule has 0 radical (unpaired) electrons. The molecular weight excluding hydrogens is 349 g/mol. The van der Waals surface area contributed by atoms with Gasteiger partial charge in [-0.05, 0) is 66.3 Å². The second-order valence-electron chi connectivity index (χ2n) is 4.67. The summed E-state index contributed by atoms with van der Waals surface area (Å²) in [6.45, 7) is 4.06. The molecule has 0 spiro atoms. The van der Waals surface area contributed by atoms with Crippen molar-refractivity contribution in [1.29, 1.82) is 0 Å². The standard InChI is InChI=1S/C16H16INO/c1-11-5-4-6-13(9-11)16(19)18(3)14-8-7-12(2)15(17)10-14/h4-10H,1-3H3.